The van der Waals surface area contributed by atoms with Gasteiger partial charge in [0.05, 0.1) is 6.61 Å². The molecule has 1 N–H and O–H groups in total. The van der Waals surface area contributed by atoms with Gasteiger partial charge in [-0.05, 0) is 56.9 Å². The minimum Gasteiger partial charge on any atom is -0.493 e. The van der Waals surface area contributed by atoms with Gasteiger partial charge in [0.15, 0.2) is 0 Å². The Kier molecular flexibility index (Phi) is 6.88. The maximum absolute atomic E-state index is 12.5. The van der Waals surface area contributed by atoms with Crippen molar-refractivity contribution in [2.45, 2.75) is 59.5 Å². The fourth-order valence-electron chi connectivity index (χ4n) is 2.50. The third kappa shape index (κ3) is 4.47. The summed E-state index contributed by atoms with van der Waals surface area (Å²) in [7, 11) is 1.58. The van der Waals surface area contributed by atoms with Crippen molar-refractivity contribution in [3.63, 3.8) is 0 Å². The average Bonchev–Trinajstić information content (AvgIpc) is 2.46. The molecular formula is C18H29NO3. The maximum atomic E-state index is 12.5. The van der Waals surface area contributed by atoms with Gasteiger partial charge < -0.3 is 14.8 Å². The number of rotatable bonds is 8. The Labute approximate surface area is 134 Å². The van der Waals surface area contributed by atoms with E-state index in [9.17, 15) is 4.79 Å². The summed E-state index contributed by atoms with van der Waals surface area (Å²) in [6.45, 7) is 10.6. The fourth-order valence-corrected chi connectivity index (χ4v) is 2.50. The molecule has 0 saturated carbocycles. The fraction of sp³-hybridized carbons (Fsp3) is 0.611. The molecule has 1 aromatic carbocycles. The number of carbonyl (C=O) groups excluding carboxylic acids is 1. The minimum absolute atomic E-state index is 0.113. The number of amides is 1. The summed E-state index contributed by atoms with van der Waals surface area (Å²) in [6.07, 6.45) is 2.55. The Balaban J connectivity index is 2.92. The average molecular weight is 307 g/mol. The van der Waals surface area contributed by atoms with Gasteiger partial charge in [-0.25, -0.2) is 0 Å². The molecule has 0 aliphatic rings. The van der Waals surface area contributed by atoms with Crippen LogP contribution in [0, 0.1) is 13.8 Å². The van der Waals surface area contributed by atoms with Crippen LogP contribution in [0.4, 0.5) is 5.69 Å². The summed E-state index contributed by atoms with van der Waals surface area (Å²) in [5.74, 6) is 0.792. The number of aryl methyl sites for hydroxylation is 2. The summed E-state index contributed by atoms with van der Waals surface area (Å²) in [5.41, 5.74) is 2.04. The summed E-state index contributed by atoms with van der Waals surface area (Å²) in [6, 6.07) is 3.88. The van der Waals surface area contributed by atoms with Crippen molar-refractivity contribution >= 4 is 11.6 Å². The van der Waals surface area contributed by atoms with E-state index in [0.29, 0.717) is 13.0 Å². The molecule has 1 aromatic rings. The largest absolute Gasteiger partial charge is 0.493 e. The molecule has 0 radical (unpaired) electrons. The van der Waals surface area contributed by atoms with E-state index in [1.54, 1.807) is 7.11 Å². The summed E-state index contributed by atoms with van der Waals surface area (Å²) >= 11 is 0. The smallest absolute Gasteiger partial charge is 0.256 e. The van der Waals surface area contributed by atoms with Crippen LogP contribution < -0.4 is 10.1 Å². The summed E-state index contributed by atoms with van der Waals surface area (Å²) in [5, 5.41) is 2.96. The number of anilines is 1. The van der Waals surface area contributed by atoms with Crippen LogP contribution >= 0.6 is 0 Å². The normalized spacial score (nSPS) is 13.5. The lowest BCUT2D eigenvalue weighted by atomic mass is 9.99. The van der Waals surface area contributed by atoms with Crippen LogP contribution in [0.15, 0.2) is 12.1 Å². The molecule has 1 amide bonds. The van der Waals surface area contributed by atoms with E-state index < -0.39 is 5.60 Å². The lowest BCUT2D eigenvalue weighted by molar-refractivity contribution is -0.136. The van der Waals surface area contributed by atoms with Crippen LogP contribution in [0.3, 0.4) is 0 Å². The van der Waals surface area contributed by atoms with Crippen molar-refractivity contribution < 1.29 is 14.3 Å². The number of ether oxygens (including phenoxy) is 2. The second-order valence-electron chi connectivity index (χ2n) is 5.93. The molecule has 4 nitrogen and oxygen atoms in total. The van der Waals surface area contributed by atoms with Crippen molar-refractivity contribution in [1.82, 2.24) is 0 Å². The first-order valence-electron chi connectivity index (χ1n) is 7.98. The quantitative estimate of drug-likeness (QED) is 0.781. The number of hydrogen-bond acceptors (Lipinski definition) is 3. The zero-order valence-electron chi connectivity index (χ0n) is 14.7. The van der Waals surface area contributed by atoms with Crippen molar-refractivity contribution in [2.24, 2.45) is 0 Å². The maximum Gasteiger partial charge on any atom is 0.256 e. The molecule has 0 aromatic heterocycles. The monoisotopic (exact) mass is 307 g/mol. The first kappa shape index (κ1) is 18.5. The Hall–Kier alpha value is -1.55. The summed E-state index contributed by atoms with van der Waals surface area (Å²) < 4.78 is 11.2. The molecule has 0 aliphatic carbocycles. The van der Waals surface area contributed by atoms with Crippen LogP contribution in [0.25, 0.3) is 0 Å². The van der Waals surface area contributed by atoms with Crippen LogP contribution in [-0.4, -0.2) is 25.2 Å². The molecule has 4 heteroatoms. The zero-order chi connectivity index (χ0) is 16.8. The van der Waals surface area contributed by atoms with E-state index in [4.69, 9.17) is 9.47 Å². The van der Waals surface area contributed by atoms with Gasteiger partial charge in [-0.15, -0.1) is 0 Å². The van der Waals surface area contributed by atoms with Crippen LogP contribution in [-0.2, 0) is 9.53 Å². The van der Waals surface area contributed by atoms with Gasteiger partial charge in [0.2, 0.25) is 0 Å². The van der Waals surface area contributed by atoms with E-state index in [0.717, 1.165) is 35.4 Å². The molecule has 1 rings (SSSR count). The first-order valence-corrected chi connectivity index (χ1v) is 7.98. The molecule has 0 spiro atoms. The van der Waals surface area contributed by atoms with Crippen LogP contribution in [0.1, 0.15) is 51.2 Å². The highest BCUT2D eigenvalue weighted by Crippen LogP contribution is 2.28. The highest BCUT2D eigenvalue weighted by molar-refractivity contribution is 5.97. The predicted octanol–water partition coefficient (Wildman–Crippen LogP) is 4.24. The molecule has 0 aliphatic heterocycles. The molecule has 0 saturated heterocycles. The molecule has 0 bridgehead atoms. The highest BCUT2D eigenvalue weighted by atomic mass is 16.5. The van der Waals surface area contributed by atoms with E-state index in [1.807, 2.05) is 39.8 Å². The van der Waals surface area contributed by atoms with Gasteiger partial charge in [-0.2, -0.15) is 0 Å². The van der Waals surface area contributed by atoms with Gasteiger partial charge in [0.1, 0.15) is 11.4 Å². The second-order valence-corrected chi connectivity index (χ2v) is 5.93. The molecule has 1 atom stereocenters. The second kappa shape index (κ2) is 8.18. The van der Waals surface area contributed by atoms with Gasteiger partial charge in [0, 0.05) is 12.8 Å². The molecule has 124 valence electrons. The van der Waals surface area contributed by atoms with Gasteiger partial charge in [-0.1, -0.05) is 20.3 Å². The van der Waals surface area contributed by atoms with Gasteiger partial charge >= 0.3 is 0 Å². The lowest BCUT2D eigenvalue weighted by Crippen LogP contribution is -2.41. The number of methoxy groups -OCH3 is 1. The van der Waals surface area contributed by atoms with E-state index in [1.165, 1.54) is 0 Å². The Morgan fingerprint density at radius 3 is 2.23 bits per heavy atom. The molecule has 22 heavy (non-hydrogen) atoms. The Bertz CT molecular complexity index is 490. The molecule has 0 fully saturated rings. The van der Waals surface area contributed by atoms with E-state index in [-0.39, 0.29) is 5.91 Å². The molecule has 0 heterocycles. The van der Waals surface area contributed by atoms with Crippen LogP contribution in [0.5, 0.6) is 5.75 Å². The number of hydrogen-bond donors (Lipinski definition) is 1. The van der Waals surface area contributed by atoms with Crippen LogP contribution in [0.2, 0.25) is 0 Å². The number of carbonyl (C=O) groups is 1. The predicted molar refractivity (Wildman–Crippen MR) is 90.7 cm³/mol. The summed E-state index contributed by atoms with van der Waals surface area (Å²) in [4.78, 5) is 12.5. The minimum atomic E-state index is -0.798. The Morgan fingerprint density at radius 1 is 1.18 bits per heavy atom. The Morgan fingerprint density at radius 2 is 1.77 bits per heavy atom. The van der Waals surface area contributed by atoms with Crippen molar-refractivity contribution in [2.75, 3.05) is 19.0 Å². The van der Waals surface area contributed by atoms with Crippen molar-refractivity contribution in [1.29, 1.82) is 0 Å². The van der Waals surface area contributed by atoms with E-state index >= 15 is 0 Å². The molecular weight excluding hydrogens is 278 g/mol. The zero-order valence-corrected chi connectivity index (χ0v) is 14.7. The molecule has 0 unspecified atom stereocenters. The lowest BCUT2D eigenvalue weighted by Gasteiger charge is -2.26. The third-order valence-corrected chi connectivity index (χ3v) is 3.83. The van der Waals surface area contributed by atoms with E-state index in [2.05, 4.69) is 12.2 Å². The van der Waals surface area contributed by atoms with Gasteiger partial charge in [0.25, 0.3) is 5.91 Å². The standard InChI is InChI=1S/C18H29NO3/c1-7-9-18(5,21-6)17(20)19-15-11-13(3)16(14(4)12-15)22-10-8-2/h11-12H,7-10H2,1-6H3,(H,19,20)/t18-/m1/s1. The SMILES string of the molecule is CCCOc1c(C)cc(NC(=O)[C@@](C)(CCC)OC)cc1C. The number of benzene rings is 1. The van der Waals surface area contributed by atoms with Gasteiger partial charge in [-0.3, -0.25) is 4.79 Å². The van der Waals surface area contributed by atoms with Crippen molar-refractivity contribution in [3.05, 3.63) is 23.3 Å². The highest BCUT2D eigenvalue weighted by Gasteiger charge is 2.32. The topological polar surface area (TPSA) is 47.6 Å². The number of nitrogens with one attached hydrogen (secondary N) is 1. The third-order valence-electron chi connectivity index (χ3n) is 3.83. The first-order chi connectivity index (χ1) is 10.4. The van der Waals surface area contributed by atoms with Crippen molar-refractivity contribution in [3.8, 4) is 5.75 Å².